The smallest absolute Gasteiger partial charge is 0.287 e. The Labute approximate surface area is 186 Å². The summed E-state index contributed by atoms with van der Waals surface area (Å²) in [5.41, 5.74) is 1.18. The van der Waals surface area contributed by atoms with E-state index in [1.807, 2.05) is 24.3 Å². The maximum atomic E-state index is 12.5. The molecule has 9 nitrogen and oxygen atoms in total. The highest BCUT2D eigenvalue weighted by atomic mass is 32.1. The lowest BCUT2D eigenvalue weighted by Gasteiger charge is -2.11. The fraction of sp³-hybridized carbons (Fsp3) is 0.182. The first-order valence-electron chi connectivity index (χ1n) is 9.63. The number of furan rings is 1. The second-order valence-electron chi connectivity index (χ2n) is 6.75. The number of thiazole rings is 1. The van der Waals surface area contributed by atoms with Crippen molar-refractivity contribution in [2.24, 2.45) is 0 Å². The molecule has 0 aliphatic heterocycles. The van der Waals surface area contributed by atoms with Gasteiger partial charge in [-0.3, -0.25) is 14.9 Å². The summed E-state index contributed by atoms with van der Waals surface area (Å²) in [5, 5.41) is 14.8. The van der Waals surface area contributed by atoms with E-state index >= 15 is 0 Å². The monoisotopic (exact) mass is 453 g/mol. The zero-order valence-corrected chi connectivity index (χ0v) is 18.1. The quantitative estimate of drug-likeness (QED) is 0.309. The van der Waals surface area contributed by atoms with Crippen LogP contribution < -0.4 is 14.8 Å². The van der Waals surface area contributed by atoms with Crippen LogP contribution in [0.2, 0.25) is 0 Å². The molecular formula is C22H19N3O6S. The van der Waals surface area contributed by atoms with Crippen molar-refractivity contribution in [1.82, 2.24) is 10.3 Å². The maximum absolute atomic E-state index is 12.5. The van der Waals surface area contributed by atoms with Crippen LogP contribution >= 0.6 is 11.3 Å². The van der Waals surface area contributed by atoms with E-state index < -0.39 is 10.8 Å². The molecule has 0 atom stereocenters. The van der Waals surface area contributed by atoms with Crippen molar-refractivity contribution in [2.75, 3.05) is 20.8 Å². The minimum absolute atomic E-state index is 0.104. The Bertz CT molecular complexity index is 1260. The van der Waals surface area contributed by atoms with E-state index in [-0.39, 0.29) is 30.2 Å². The highest BCUT2D eigenvalue weighted by Crippen LogP contribution is 2.35. The SMILES string of the molecule is COc1cc(CCNC(=O)c2ccc(-c3nc4ccccc4s3)o2)c([N+](=O)[O-])cc1OC. The number of methoxy groups -OCH3 is 2. The van der Waals surface area contributed by atoms with E-state index in [4.69, 9.17) is 13.9 Å². The van der Waals surface area contributed by atoms with Crippen LogP contribution in [0.1, 0.15) is 16.1 Å². The highest BCUT2D eigenvalue weighted by Gasteiger charge is 2.20. The summed E-state index contributed by atoms with van der Waals surface area (Å²) in [6.45, 7) is 0.173. The van der Waals surface area contributed by atoms with Gasteiger partial charge in [-0.15, -0.1) is 11.3 Å². The Morgan fingerprint density at radius 3 is 2.62 bits per heavy atom. The molecule has 1 N–H and O–H groups in total. The third kappa shape index (κ3) is 4.26. The van der Waals surface area contributed by atoms with Gasteiger partial charge in [0.1, 0.15) is 0 Å². The predicted octanol–water partition coefficient (Wildman–Crippen LogP) is 4.45. The van der Waals surface area contributed by atoms with E-state index in [1.54, 1.807) is 18.2 Å². The van der Waals surface area contributed by atoms with E-state index in [0.717, 1.165) is 10.2 Å². The molecule has 0 aliphatic carbocycles. The Kier molecular flexibility index (Phi) is 6.04. The Balaban J connectivity index is 1.44. The van der Waals surface area contributed by atoms with Gasteiger partial charge in [0.25, 0.3) is 11.6 Å². The fourth-order valence-corrected chi connectivity index (χ4v) is 4.16. The number of hydrogen-bond acceptors (Lipinski definition) is 8. The summed E-state index contributed by atoms with van der Waals surface area (Å²) in [7, 11) is 2.86. The first kappa shape index (κ1) is 21.3. The van der Waals surface area contributed by atoms with Crippen LogP contribution in [0.3, 0.4) is 0 Å². The van der Waals surface area contributed by atoms with Crippen LogP contribution in [0.4, 0.5) is 5.69 Å². The number of nitro benzene ring substituents is 1. The number of benzene rings is 2. The molecule has 0 spiro atoms. The number of hydrogen-bond donors (Lipinski definition) is 1. The predicted molar refractivity (Wildman–Crippen MR) is 120 cm³/mol. The van der Waals surface area contributed by atoms with Crippen molar-refractivity contribution in [3.8, 4) is 22.3 Å². The van der Waals surface area contributed by atoms with E-state index in [1.165, 1.54) is 31.6 Å². The van der Waals surface area contributed by atoms with E-state index in [2.05, 4.69) is 10.3 Å². The minimum atomic E-state index is -0.490. The number of nitrogens with zero attached hydrogens (tertiary/aromatic N) is 2. The molecule has 2 heterocycles. The van der Waals surface area contributed by atoms with Crippen molar-refractivity contribution in [3.05, 3.63) is 70.0 Å². The topological polar surface area (TPSA) is 117 Å². The largest absolute Gasteiger partial charge is 0.493 e. The van der Waals surface area contributed by atoms with Crippen molar-refractivity contribution < 1.29 is 23.6 Å². The van der Waals surface area contributed by atoms with Gasteiger partial charge >= 0.3 is 0 Å². The Morgan fingerprint density at radius 1 is 1.16 bits per heavy atom. The lowest BCUT2D eigenvalue weighted by molar-refractivity contribution is -0.385. The molecule has 0 saturated heterocycles. The zero-order chi connectivity index (χ0) is 22.7. The molecule has 32 heavy (non-hydrogen) atoms. The lowest BCUT2D eigenvalue weighted by atomic mass is 10.1. The fourth-order valence-electron chi connectivity index (χ4n) is 3.23. The van der Waals surface area contributed by atoms with Gasteiger partial charge < -0.3 is 19.2 Å². The average molecular weight is 453 g/mol. The second kappa shape index (κ2) is 9.06. The minimum Gasteiger partial charge on any atom is -0.493 e. The molecular weight excluding hydrogens is 434 g/mol. The van der Waals surface area contributed by atoms with Crippen molar-refractivity contribution >= 4 is 33.1 Å². The Morgan fingerprint density at radius 2 is 1.91 bits per heavy atom. The van der Waals surface area contributed by atoms with Crippen molar-refractivity contribution in [2.45, 2.75) is 6.42 Å². The van der Waals surface area contributed by atoms with Gasteiger partial charge in [-0.2, -0.15) is 0 Å². The van der Waals surface area contributed by atoms with E-state index in [9.17, 15) is 14.9 Å². The van der Waals surface area contributed by atoms with Gasteiger partial charge in [0.05, 0.1) is 35.4 Å². The van der Waals surface area contributed by atoms with Gasteiger partial charge in [-0.1, -0.05) is 12.1 Å². The van der Waals surface area contributed by atoms with Gasteiger partial charge in [0.15, 0.2) is 28.0 Å². The lowest BCUT2D eigenvalue weighted by Crippen LogP contribution is -2.25. The molecule has 0 radical (unpaired) electrons. The molecule has 4 rings (SSSR count). The van der Waals surface area contributed by atoms with E-state index in [0.29, 0.717) is 22.1 Å². The summed E-state index contributed by atoms with van der Waals surface area (Å²) in [5.74, 6) is 0.879. The molecule has 4 aromatic rings. The zero-order valence-electron chi connectivity index (χ0n) is 17.3. The number of nitro groups is 1. The average Bonchev–Trinajstić information content (AvgIpc) is 3.45. The summed E-state index contributed by atoms with van der Waals surface area (Å²) in [4.78, 5) is 27.9. The summed E-state index contributed by atoms with van der Waals surface area (Å²) in [6.07, 6.45) is 0.230. The molecule has 10 heteroatoms. The van der Waals surface area contributed by atoms with Crippen LogP contribution in [0.25, 0.3) is 21.0 Å². The molecule has 0 unspecified atom stereocenters. The summed E-state index contributed by atoms with van der Waals surface area (Å²) >= 11 is 1.48. The van der Waals surface area contributed by atoms with Crippen LogP contribution in [-0.4, -0.2) is 36.6 Å². The number of carbonyl (C=O) groups excluding carboxylic acids is 1. The molecule has 2 aromatic heterocycles. The van der Waals surface area contributed by atoms with Gasteiger partial charge in [-0.25, -0.2) is 4.98 Å². The molecule has 0 fully saturated rings. The number of carbonyl (C=O) groups is 1. The summed E-state index contributed by atoms with van der Waals surface area (Å²) < 4.78 is 17.1. The number of para-hydroxylation sites is 1. The van der Waals surface area contributed by atoms with Crippen LogP contribution in [0.15, 0.2) is 52.9 Å². The molecule has 1 amide bonds. The summed E-state index contributed by atoms with van der Waals surface area (Å²) in [6, 6.07) is 13.9. The standard InChI is InChI=1S/C22H19N3O6S/c1-29-18-11-13(15(25(27)28)12-19(18)30-2)9-10-23-21(26)16-7-8-17(31-16)22-24-14-5-3-4-6-20(14)32-22/h3-8,11-12H,9-10H2,1-2H3,(H,23,26). The molecule has 0 aliphatic rings. The van der Waals surface area contributed by atoms with Gasteiger partial charge in [-0.05, 0) is 36.8 Å². The number of rotatable bonds is 8. The molecule has 0 bridgehead atoms. The van der Waals surface area contributed by atoms with Gasteiger partial charge in [0.2, 0.25) is 0 Å². The number of nitrogens with one attached hydrogen (secondary N) is 1. The molecule has 0 saturated carbocycles. The van der Waals surface area contributed by atoms with Crippen LogP contribution in [0, 0.1) is 10.1 Å². The van der Waals surface area contributed by atoms with Crippen LogP contribution in [0.5, 0.6) is 11.5 Å². The number of fused-ring (bicyclic) bond motifs is 1. The Hall–Kier alpha value is -3.92. The first-order valence-corrected chi connectivity index (χ1v) is 10.4. The molecule has 164 valence electrons. The number of amides is 1. The second-order valence-corrected chi connectivity index (χ2v) is 7.78. The molecule has 2 aromatic carbocycles. The van der Waals surface area contributed by atoms with Crippen LogP contribution in [-0.2, 0) is 6.42 Å². The number of ether oxygens (including phenoxy) is 2. The maximum Gasteiger partial charge on any atom is 0.287 e. The highest BCUT2D eigenvalue weighted by molar-refractivity contribution is 7.21. The third-order valence-electron chi connectivity index (χ3n) is 4.80. The van der Waals surface area contributed by atoms with Crippen molar-refractivity contribution in [1.29, 1.82) is 0 Å². The normalized spacial score (nSPS) is 10.8. The van der Waals surface area contributed by atoms with Crippen molar-refractivity contribution in [3.63, 3.8) is 0 Å². The van der Waals surface area contributed by atoms with Gasteiger partial charge in [0, 0.05) is 12.1 Å². The first-order chi connectivity index (χ1) is 15.5. The number of aromatic nitrogens is 1. The third-order valence-corrected chi connectivity index (χ3v) is 5.85.